The van der Waals surface area contributed by atoms with E-state index < -0.39 is 12.1 Å². The number of rotatable bonds is 13. The third kappa shape index (κ3) is 10.9. The molecule has 5 nitrogen and oxygen atoms in total. The molecule has 3 unspecified atom stereocenters. The average molecular weight is 494 g/mol. The van der Waals surface area contributed by atoms with Crippen LogP contribution in [0.3, 0.4) is 0 Å². The van der Waals surface area contributed by atoms with E-state index in [0.717, 1.165) is 56.6 Å². The normalized spacial score (nSPS) is 17.9. The number of aliphatic hydroxyl groups is 1. The van der Waals surface area contributed by atoms with Crippen LogP contribution in [0.1, 0.15) is 71.3 Å². The van der Waals surface area contributed by atoms with E-state index in [1.54, 1.807) is 12.1 Å². The summed E-state index contributed by atoms with van der Waals surface area (Å²) in [6.07, 6.45) is 9.99. The summed E-state index contributed by atoms with van der Waals surface area (Å²) >= 11 is 0. The number of carbonyl (C=O) groups is 1. The van der Waals surface area contributed by atoms with Crippen molar-refractivity contribution in [3.8, 4) is 0 Å². The van der Waals surface area contributed by atoms with Crippen molar-refractivity contribution in [3.63, 3.8) is 0 Å². The van der Waals surface area contributed by atoms with Gasteiger partial charge in [-0.15, -0.1) is 0 Å². The largest absolute Gasteiger partial charge is 0.393 e. The molecule has 1 aliphatic heterocycles. The molecule has 1 aromatic carbocycles. The molecule has 1 N–H and O–H groups in total. The topological polar surface area (TPSA) is 59.0 Å². The van der Waals surface area contributed by atoms with Gasteiger partial charge < -0.3 is 14.7 Å². The minimum atomic E-state index is -1.04. The standard InChI is InChI=1S/C28H41F2NO4/c1-20(8-9-27(32)19-28(33)35-30)6-5-7-21(2)14-22(3)15-23-16-24(29)18-26(17-23)31(4)25-10-12-34-13-11-25/h5,7,15-18,20-21,25,27,32H,6,8-14,19H2,1-4H3/b7-5+,22-15+. The predicted molar refractivity (Wildman–Crippen MR) is 136 cm³/mol. The Balaban J connectivity index is 1.84. The maximum atomic E-state index is 14.4. The van der Waals surface area contributed by atoms with E-state index in [1.165, 1.54) is 5.57 Å². The highest BCUT2D eigenvalue weighted by atomic mass is 19.3. The van der Waals surface area contributed by atoms with Crippen LogP contribution in [0.25, 0.3) is 6.08 Å². The van der Waals surface area contributed by atoms with Gasteiger partial charge in [-0.2, -0.15) is 0 Å². The van der Waals surface area contributed by atoms with E-state index in [2.05, 4.69) is 48.8 Å². The zero-order chi connectivity index (χ0) is 25.8. The number of halogens is 2. The second kappa shape index (κ2) is 15.0. The van der Waals surface area contributed by atoms with Gasteiger partial charge in [-0.3, -0.25) is 4.94 Å². The number of allylic oxidation sites excluding steroid dienone is 3. The van der Waals surface area contributed by atoms with E-state index in [1.807, 2.05) is 13.1 Å². The Labute approximate surface area is 208 Å². The lowest BCUT2D eigenvalue weighted by atomic mass is 9.96. The number of anilines is 1. The fraction of sp³-hybridized carbons (Fsp3) is 0.607. The van der Waals surface area contributed by atoms with Crippen LogP contribution in [-0.2, 0) is 14.5 Å². The fourth-order valence-electron chi connectivity index (χ4n) is 4.55. The molecule has 0 aromatic heterocycles. The lowest BCUT2D eigenvalue weighted by molar-refractivity contribution is -0.185. The average Bonchev–Trinajstić information content (AvgIpc) is 2.82. The van der Waals surface area contributed by atoms with Gasteiger partial charge in [0.2, 0.25) is 0 Å². The molecular weight excluding hydrogens is 452 g/mol. The number of carbonyl (C=O) groups excluding carboxylic acids is 1. The SMILES string of the molecule is C/C(=C\c1cc(F)cc(N(C)C2CCOCC2)c1)CC(C)/C=C/CC(C)CCC(O)CC(=O)OF. The first-order chi connectivity index (χ1) is 16.7. The third-order valence-electron chi connectivity index (χ3n) is 6.59. The van der Waals surface area contributed by atoms with Crippen LogP contribution in [-0.4, -0.2) is 43.5 Å². The lowest BCUT2D eigenvalue weighted by Gasteiger charge is -2.33. The zero-order valence-corrected chi connectivity index (χ0v) is 21.5. The Morgan fingerprint density at radius 1 is 1.23 bits per heavy atom. The number of hydrogen-bond acceptors (Lipinski definition) is 5. The summed E-state index contributed by atoms with van der Waals surface area (Å²) in [6, 6.07) is 5.59. The van der Waals surface area contributed by atoms with Crippen molar-refractivity contribution in [2.45, 2.75) is 77.9 Å². The van der Waals surface area contributed by atoms with Crippen molar-refractivity contribution in [1.82, 2.24) is 0 Å². The first-order valence-corrected chi connectivity index (χ1v) is 12.6. The Kier molecular flexibility index (Phi) is 12.4. The quantitative estimate of drug-likeness (QED) is 0.322. The van der Waals surface area contributed by atoms with Crippen LogP contribution < -0.4 is 4.90 Å². The Morgan fingerprint density at radius 3 is 2.63 bits per heavy atom. The van der Waals surface area contributed by atoms with Crippen molar-refractivity contribution in [1.29, 1.82) is 0 Å². The number of benzene rings is 1. The van der Waals surface area contributed by atoms with Crippen LogP contribution in [0.2, 0.25) is 0 Å². The van der Waals surface area contributed by atoms with Gasteiger partial charge in [-0.25, -0.2) is 9.18 Å². The number of hydrogen-bond donors (Lipinski definition) is 1. The summed E-state index contributed by atoms with van der Waals surface area (Å²) in [7, 11) is 2.03. The molecule has 1 aromatic rings. The first-order valence-electron chi connectivity index (χ1n) is 12.6. The second-order valence-corrected chi connectivity index (χ2v) is 10.0. The zero-order valence-electron chi connectivity index (χ0n) is 21.5. The molecule has 7 heteroatoms. The van der Waals surface area contributed by atoms with Gasteiger partial charge in [-0.1, -0.05) is 37.6 Å². The molecule has 0 saturated carbocycles. The Morgan fingerprint density at radius 2 is 1.94 bits per heavy atom. The Hall–Kier alpha value is -2.25. The summed E-state index contributed by atoms with van der Waals surface area (Å²) in [5.41, 5.74) is 2.95. The van der Waals surface area contributed by atoms with Crippen molar-refractivity contribution >= 4 is 17.7 Å². The minimum Gasteiger partial charge on any atom is -0.393 e. The van der Waals surface area contributed by atoms with Gasteiger partial charge in [0.25, 0.3) is 0 Å². The maximum Gasteiger partial charge on any atom is 0.351 e. The number of nitrogens with zero attached hydrogens (tertiary/aromatic N) is 1. The van der Waals surface area contributed by atoms with Gasteiger partial charge in [-0.05, 0) is 81.0 Å². The summed E-state index contributed by atoms with van der Waals surface area (Å²) in [4.78, 5) is 16.1. The number of ether oxygens (including phenoxy) is 1. The molecule has 1 saturated heterocycles. The molecule has 3 atom stereocenters. The van der Waals surface area contributed by atoms with Gasteiger partial charge in [0.15, 0.2) is 0 Å². The highest BCUT2D eigenvalue weighted by molar-refractivity contribution is 5.69. The fourth-order valence-corrected chi connectivity index (χ4v) is 4.55. The lowest BCUT2D eigenvalue weighted by Crippen LogP contribution is -2.36. The smallest absolute Gasteiger partial charge is 0.351 e. The molecule has 0 radical (unpaired) electrons. The first kappa shape index (κ1) is 29.0. The highest BCUT2D eigenvalue weighted by Crippen LogP contribution is 2.26. The summed E-state index contributed by atoms with van der Waals surface area (Å²) in [5.74, 6) is -0.594. The molecule has 0 aliphatic carbocycles. The van der Waals surface area contributed by atoms with Crippen LogP contribution in [0, 0.1) is 17.7 Å². The van der Waals surface area contributed by atoms with Crippen molar-refractivity contribution in [2.24, 2.45) is 11.8 Å². The molecule has 0 spiro atoms. The van der Waals surface area contributed by atoms with Crippen LogP contribution in [0.5, 0.6) is 0 Å². The molecule has 35 heavy (non-hydrogen) atoms. The van der Waals surface area contributed by atoms with Gasteiger partial charge in [0, 0.05) is 36.5 Å². The van der Waals surface area contributed by atoms with E-state index in [0.29, 0.717) is 24.3 Å². The van der Waals surface area contributed by atoms with Crippen LogP contribution in [0.4, 0.5) is 14.6 Å². The summed E-state index contributed by atoms with van der Waals surface area (Å²) < 4.78 is 31.5. The second-order valence-electron chi connectivity index (χ2n) is 10.0. The van der Waals surface area contributed by atoms with Gasteiger partial charge in [0.1, 0.15) is 5.82 Å². The van der Waals surface area contributed by atoms with Gasteiger partial charge in [0.05, 0.1) is 12.5 Å². The van der Waals surface area contributed by atoms with Crippen LogP contribution >= 0.6 is 0 Å². The van der Waals surface area contributed by atoms with E-state index in [-0.39, 0.29) is 12.2 Å². The van der Waals surface area contributed by atoms with E-state index in [9.17, 15) is 18.8 Å². The monoisotopic (exact) mass is 493 g/mol. The molecule has 1 aliphatic rings. The van der Waals surface area contributed by atoms with Gasteiger partial charge >= 0.3 is 5.97 Å². The third-order valence-corrected chi connectivity index (χ3v) is 6.59. The summed E-state index contributed by atoms with van der Waals surface area (Å²) in [6.45, 7) is 7.81. The van der Waals surface area contributed by atoms with E-state index >= 15 is 0 Å². The molecule has 1 heterocycles. The predicted octanol–water partition coefficient (Wildman–Crippen LogP) is 6.41. The maximum absolute atomic E-state index is 14.4. The Bertz CT molecular complexity index is 851. The minimum absolute atomic E-state index is 0.228. The number of aliphatic hydroxyl groups excluding tert-OH is 1. The van der Waals surface area contributed by atoms with E-state index in [4.69, 9.17) is 4.74 Å². The highest BCUT2D eigenvalue weighted by Gasteiger charge is 2.19. The molecule has 0 bridgehead atoms. The van der Waals surface area contributed by atoms with Crippen molar-refractivity contribution in [3.05, 3.63) is 47.3 Å². The molecule has 1 fully saturated rings. The molecular formula is C28H41F2NO4. The van der Waals surface area contributed by atoms with Crippen molar-refractivity contribution < 1.29 is 28.5 Å². The summed E-state index contributed by atoms with van der Waals surface area (Å²) in [5, 5.41) is 9.74. The molecule has 196 valence electrons. The van der Waals surface area contributed by atoms with Crippen molar-refractivity contribution in [2.75, 3.05) is 25.2 Å². The molecule has 0 amide bonds. The van der Waals surface area contributed by atoms with Crippen LogP contribution in [0.15, 0.2) is 35.9 Å². The molecule has 2 rings (SSSR count).